The predicted octanol–water partition coefficient (Wildman–Crippen LogP) is 6.00. The normalized spacial score (nSPS) is 12.8. The fourth-order valence-electron chi connectivity index (χ4n) is 2.44. The minimum Gasteiger partial charge on any atom is -0.474 e. The minimum atomic E-state index is -4.70. The number of halogens is 4. The lowest BCUT2D eigenvalue weighted by atomic mass is 10.1. The van der Waals surface area contributed by atoms with Crippen LogP contribution in [0.4, 0.5) is 36.2 Å². The van der Waals surface area contributed by atoms with Crippen molar-refractivity contribution in [3.63, 3.8) is 0 Å². The highest BCUT2D eigenvalue weighted by Gasteiger charge is 2.43. The first-order valence-corrected chi connectivity index (χ1v) is 8.63. The topological polar surface area (TPSA) is 98.9 Å². The van der Waals surface area contributed by atoms with Gasteiger partial charge in [0.2, 0.25) is 6.10 Å². The van der Waals surface area contributed by atoms with Crippen LogP contribution in [0.2, 0.25) is 5.02 Å². The second kappa shape index (κ2) is 8.36. The van der Waals surface area contributed by atoms with Crippen LogP contribution in [0.3, 0.4) is 0 Å². The zero-order chi connectivity index (χ0) is 21.0. The molecule has 6 nitrogen and oxygen atoms in total. The van der Waals surface area contributed by atoms with Gasteiger partial charge in [0.05, 0.1) is 5.69 Å². The van der Waals surface area contributed by atoms with E-state index in [0.717, 1.165) is 6.07 Å². The molecule has 3 rings (SSSR count). The highest BCUT2D eigenvalue weighted by Crippen LogP contribution is 2.42. The molecule has 1 atom stereocenters. The quantitative estimate of drug-likeness (QED) is 0.493. The Morgan fingerprint density at radius 2 is 1.62 bits per heavy atom. The highest BCUT2D eigenvalue weighted by atomic mass is 35.5. The summed E-state index contributed by atoms with van der Waals surface area (Å²) in [5.41, 5.74) is 11.6. The summed E-state index contributed by atoms with van der Waals surface area (Å²) >= 11 is 5.81. The average molecular weight is 422 g/mol. The van der Waals surface area contributed by atoms with Gasteiger partial charge in [0, 0.05) is 16.7 Å². The summed E-state index contributed by atoms with van der Waals surface area (Å²) in [6.45, 7) is 0. The molecule has 0 fully saturated rings. The van der Waals surface area contributed by atoms with Crippen molar-refractivity contribution in [2.24, 2.45) is 10.2 Å². The van der Waals surface area contributed by atoms with Gasteiger partial charge in [-0.3, -0.25) is 0 Å². The Kier molecular flexibility index (Phi) is 5.88. The number of nitrogens with zero attached hydrogens (tertiary/aromatic N) is 3. The highest BCUT2D eigenvalue weighted by molar-refractivity contribution is 6.30. The van der Waals surface area contributed by atoms with Crippen molar-refractivity contribution in [1.29, 1.82) is 0 Å². The van der Waals surface area contributed by atoms with E-state index in [9.17, 15) is 13.2 Å². The zero-order valence-electron chi connectivity index (χ0n) is 14.8. The molecule has 0 radical (unpaired) electrons. The van der Waals surface area contributed by atoms with Gasteiger partial charge in [-0.15, -0.1) is 5.11 Å². The van der Waals surface area contributed by atoms with Gasteiger partial charge < -0.3 is 16.2 Å². The van der Waals surface area contributed by atoms with E-state index in [4.69, 9.17) is 27.8 Å². The summed E-state index contributed by atoms with van der Waals surface area (Å²) in [4.78, 5) is 3.82. The van der Waals surface area contributed by atoms with Crippen LogP contribution in [0, 0.1) is 0 Å². The number of benzene rings is 2. The number of ether oxygens (including phenoxy) is 1. The Bertz CT molecular complexity index is 1010. The van der Waals surface area contributed by atoms with Crippen molar-refractivity contribution >= 4 is 34.6 Å². The van der Waals surface area contributed by atoms with E-state index in [2.05, 4.69) is 15.2 Å². The molecule has 1 heterocycles. The summed E-state index contributed by atoms with van der Waals surface area (Å²) in [5, 5.41) is 8.38. The Morgan fingerprint density at radius 1 is 0.966 bits per heavy atom. The number of hydrogen-bond acceptors (Lipinski definition) is 6. The van der Waals surface area contributed by atoms with E-state index in [1.54, 1.807) is 30.3 Å². The third-order valence-electron chi connectivity index (χ3n) is 3.74. The molecule has 0 aliphatic rings. The Morgan fingerprint density at radius 3 is 2.24 bits per heavy atom. The van der Waals surface area contributed by atoms with Crippen LogP contribution in [0.1, 0.15) is 11.7 Å². The fraction of sp³-hybridized carbons (Fsp3) is 0.105. The van der Waals surface area contributed by atoms with Crippen LogP contribution < -0.4 is 16.2 Å². The molecule has 10 heteroatoms. The lowest BCUT2D eigenvalue weighted by Crippen LogP contribution is -2.26. The summed E-state index contributed by atoms with van der Waals surface area (Å²) in [6.07, 6.45) is -6.95. The molecule has 0 aliphatic carbocycles. The molecule has 0 spiro atoms. The van der Waals surface area contributed by atoms with Crippen molar-refractivity contribution in [3.8, 4) is 5.75 Å². The van der Waals surface area contributed by atoms with Gasteiger partial charge in [-0.1, -0.05) is 41.9 Å². The lowest BCUT2D eigenvalue weighted by Gasteiger charge is -2.23. The lowest BCUT2D eigenvalue weighted by molar-refractivity contribution is -0.197. The zero-order valence-corrected chi connectivity index (χ0v) is 15.5. The first-order chi connectivity index (χ1) is 13.7. The smallest absolute Gasteiger partial charge is 0.429 e. The number of alkyl halides is 3. The monoisotopic (exact) mass is 421 g/mol. The van der Waals surface area contributed by atoms with Crippen molar-refractivity contribution in [2.75, 3.05) is 11.5 Å². The molecule has 0 bridgehead atoms. The largest absolute Gasteiger partial charge is 0.474 e. The minimum absolute atomic E-state index is 0.0884. The number of aromatic nitrogens is 1. The second-order valence-corrected chi connectivity index (χ2v) is 6.34. The SMILES string of the molecule is Nc1cc(OC(c2ccccc2)C(F)(F)F)c(N=Nc2ccc(Cl)cc2)c(N)n1. The molecule has 1 aromatic heterocycles. The van der Waals surface area contributed by atoms with Crippen LogP contribution in [0.25, 0.3) is 0 Å². The average Bonchev–Trinajstić information content (AvgIpc) is 2.66. The van der Waals surface area contributed by atoms with Crippen LogP contribution in [0.5, 0.6) is 5.75 Å². The molecule has 0 saturated heterocycles. The van der Waals surface area contributed by atoms with Gasteiger partial charge in [-0.2, -0.15) is 18.3 Å². The molecule has 0 aliphatic heterocycles. The van der Waals surface area contributed by atoms with Gasteiger partial charge in [0.1, 0.15) is 5.82 Å². The molecule has 0 saturated carbocycles. The van der Waals surface area contributed by atoms with Gasteiger partial charge in [0.15, 0.2) is 17.3 Å². The molecule has 4 N–H and O–H groups in total. The molecule has 1 unspecified atom stereocenters. The summed E-state index contributed by atoms with van der Waals surface area (Å²) in [5.74, 6) is -0.623. The Labute approximate surface area is 169 Å². The molecule has 2 aromatic carbocycles. The number of anilines is 2. The van der Waals surface area contributed by atoms with Crippen molar-refractivity contribution in [2.45, 2.75) is 12.3 Å². The number of hydrogen-bond donors (Lipinski definition) is 2. The van der Waals surface area contributed by atoms with Crippen molar-refractivity contribution in [1.82, 2.24) is 4.98 Å². The number of nitrogens with two attached hydrogens (primary N) is 2. The number of azo groups is 1. The molecule has 0 amide bonds. The predicted molar refractivity (Wildman–Crippen MR) is 105 cm³/mol. The van der Waals surface area contributed by atoms with Gasteiger partial charge in [-0.25, -0.2) is 4.98 Å². The van der Waals surface area contributed by atoms with E-state index < -0.39 is 12.3 Å². The van der Waals surface area contributed by atoms with Crippen LogP contribution >= 0.6 is 11.6 Å². The molecular weight excluding hydrogens is 407 g/mol. The third kappa shape index (κ3) is 5.14. The van der Waals surface area contributed by atoms with Crippen LogP contribution in [-0.2, 0) is 0 Å². The van der Waals surface area contributed by atoms with Gasteiger partial charge in [-0.05, 0) is 24.3 Å². The van der Waals surface area contributed by atoms with Crippen LogP contribution in [0.15, 0.2) is 70.9 Å². The molecule has 3 aromatic rings. The first kappa shape index (κ1) is 20.4. The summed E-state index contributed by atoms with van der Waals surface area (Å²) in [7, 11) is 0. The fourth-order valence-corrected chi connectivity index (χ4v) is 2.56. The summed E-state index contributed by atoms with van der Waals surface area (Å²) < 4.78 is 46.2. The molecule has 150 valence electrons. The van der Waals surface area contributed by atoms with E-state index in [0.29, 0.717) is 10.7 Å². The first-order valence-electron chi connectivity index (χ1n) is 8.25. The Balaban J connectivity index is 2.00. The number of pyridine rings is 1. The van der Waals surface area contributed by atoms with E-state index in [-0.39, 0.29) is 28.6 Å². The van der Waals surface area contributed by atoms with Gasteiger partial charge in [0.25, 0.3) is 0 Å². The second-order valence-electron chi connectivity index (χ2n) is 5.91. The summed E-state index contributed by atoms with van der Waals surface area (Å²) in [6, 6.07) is 14.6. The maximum absolute atomic E-state index is 13.6. The van der Waals surface area contributed by atoms with Crippen molar-refractivity contribution in [3.05, 3.63) is 71.2 Å². The van der Waals surface area contributed by atoms with E-state index in [1.165, 1.54) is 24.3 Å². The molecular formula is C19H15ClF3N5O. The van der Waals surface area contributed by atoms with Gasteiger partial charge >= 0.3 is 6.18 Å². The maximum atomic E-state index is 13.6. The Hall–Kier alpha value is -3.33. The maximum Gasteiger partial charge on any atom is 0.429 e. The van der Waals surface area contributed by atoms with E-state index in [1.807, 2.05) is 0 Å². The van der Waals surface area contributed by atoms with Crippen LogP contribution in [-0.4, -0.2) is 11.2 Å². The standard InChI is InChI=1S/C19H15ClF3N5O/c20-12-6-8-13(9-7-12)27-28-16-14(10-15(24)26-18(16)25)29-17(19(21,22)23)11-4-2-1-3-5-11/h1-10,17H,(H4,24,25,26). The third-order valence-corrected chi connectivity index (χ3v) is 3.99. The number of rotatable bonds is 5. The van der Waals surface area contributed by atoms with E-state index >= 15 is 0 Å². The molecule has 29 heavy (non-hydrogen) atoms. The number of nitrogen functional groups attached to an aromatic ring is 2. The van der Waals surface area contributed by atoms with Crippen molar-refractivity contribution < 1.29 is 17.9 Å².